The highest BCUT2D eigenvalue weighted by atomic mass is 32.2. The second-order valence-electron chi connectivity index (χ2n) is 5.11. The summed E-state index contributed by atoms with van der Waals surface area (Å²) in [6.45, 7) is 4.48. The first-order chi connectivity index (χ1) is 9.07. The average molecular weight is 301 g/mol. The Morgan fingerprint density at radius 3 is 2.50 bits per heavy atom. The molecule has 0 heterocycles. The number of aliphatic hydroxyl groups is 1. The van der Waals surface area contributed by atoms with Gasteiger partial charge < -0.3 is 9.84 Å². The first-order valence-electron chi connectivity index (χ1n) is 5.98. The molecule has 7 heteroatoms. The Kier molecular flexibility index (Phi) is 4.90. The maximum absolute atomic E-state index is 12.2. The maximum atomic E-state index is 12.2. The van der Waals surface area contributed by atoms with E-state index in [1.54, 1.807) is 6.92 Å². The monoisotopic (exact) mass is 301 g/mol. The molecule has 0 fully saturated rings. The molecule has 0 bridgehead atoms. The molecule has 2 N–H and O–H groups in total. The summed E-state index contributed by atoms with van der Waals surface area (Å²) >= 11 is 0. The minimum absolute atomic E-state index is 0.00958. The zero-order valence-corrected chi connectivity index (χ0v) is 12.7. The van der Waals surface area contributed by atoms with E-state index in [2.05, 4.69) is 9.46 Å². The molecule has 0 atom stereocenters. The molecular formula is C13H19NO5S. The van der Waals surface area contributed by atoms with E-state index in [9.17, 15) is 18.3 Å². The highest BCUT2D eigenvalue weighted by Gasteiger charge is 2.22. The first kappa shape index (κ1) is 16.6. The number of nitrogens with one attached hydrogen (secondary N) is 1. The van der Waals surface area contributed by atoms with Crippen molar-refractivity contribution in [3.05, 3.63) is 29.3 Å². The molecule has 1 rings (SSSR count). The third kappa shape index (κ3) is 4.29. The topological polar surface area (TPSA) is 92.7 Å². The number of rotatable bonds is 5. The van der Waals surface area contributed by atoms with Gasteiger partial charge in [0, 0.05) is 6.54 Å². The van der Waals surface area contributed by atoms with Gasteiger partial charge in [-0.2, -0.15) is 0 Å². The summed E-state index contributed by atoms with van der Waals surface area (Å²) in [6.07, 6.45) is 0. The molecule has 112 valence electrons. The van der Waals surface area contributed by atoms with Gasteiger partial charge in [0.15, 0.2) is 0 Å². The van der Waals surface area contributed by atoms with Gasteiger partial charge in [0.1, 0.15) is 0 Å². The molecule has 1 aromatic carbocycles. The van der Waals surface area contributed by atoms with Crippen LogP contribution in [0.2, 0.25) is 0 Å². The number of benzene rings is 1. The van der Waals surface area contributed by atoms with Crippen molar-refractivity contribution in [1.82, 2.24) is 4.72 Å². The lowest BCUT2D eigenvalue weighted by Crippen LogP contribution is -2.38. The van der Waals surface area contributed by atoms with Gasteiger partial charge in [0.2, 0.25) is 10.0 Å². The van der Waals surface area contributed by atoms with E-state index < -0.39 is 21.6 Å². The smallest absolute Gasteiger partial charge is 0.337 e. The van der Waals surface area contributed by atoms with E-state index in [1.807, 2.05) is 0 Å². The Morgan fingerprint density at radius 1 is 1.40 bits per heavy atom. The summed E-state index contributed by atoms with van der Waals surface area (Å²) in [5.74, 6) is -0.607. The van der Waals surface area contributed by atoms with Crippen LogP contribution < -0.4 is 4.72 Å². The number of esters is 1. The Balaban J connectivity index is 3.14. The van der Waals surface area contributed by atoms with Gasteiger partial charge >= 0.3 is 5.97 Å². The summed E-state index contributed by atoms with van der Waals surface area (Å²) in [4.78, 5) is 11.4. The largest absolute Gasteiger partial charge is 0.465 e. The Hall–Kier alpha value is -1.44. The van der Waals surface area contributed by atoms with Crippen LogP contribution in [-0.4, -0.2) is 38.7 Å². The van der Waals surface area contributed by atoms with Crippen molar-refractivity contribution in [2.75, 3.05) is 13.7 Å². The quantitative estimate of drug-likeness (QED) is 0.786. The fourth-order valence-electron chi connectivity index (χ4n) is 1.48. The lowest BCUT2D eigenvalue weighted by atomic mass is 10.1. The van der Waals surface area contributed by atoms with Crippen LogP contribution >= 0.6 is 0 Å². The standard InChI is InChI=1S/C13H19NO5S/c1-9-5-6-10(12(15)19-4)7-11(9)20(17,18)14-8-13(2,3)16/h5-7,14,16H,8H2,1-4H3. The van der Waals surface area contributed by atoms with Crippen LogP contribution in [0, 0.1) is 6.92 Å². The third-order valence-corrected chi connectivity index (χ3v) is 4.14. The predicted octanol–water partition coefficient (Wildman–Crippen LogP) is 0.831. The third-order valence-electron chi connectivity index (χ3n) is 2.59. The Morgan fingerprint density at radius 2 is 2.00 bits per heavy atom. The van der Waals surface area contributed by atoms with E-state index in [0.717, 1.165) is 0 Å². The molecule has 6 nitrogen and oxygen atoms in total. The predicted molar refractivity (Wildman–Crippen MR) is 74.0 cm³/mol. The Labute approximate surface area is 118 Å². The number of ether oxygens (including phenoxy) is 1. The highest BCUT2D eigenvalue weighted by Crippen LogP contribution is 2.18. The molecule has 0 aliphatic carbocycles. The number of methoxy groups -OCH3 is 1. The fraction of sp³-hybridized carbons (Fsp3) is 0.462. The molecule has 0 unspecified atom stereocenters. The van der Waals surface area contributed by atoms with Crippen LogP contribution in [0.4, 0.5) is 0 Å². The lowest BCUT2D eigenvalue weighted by Gasteiger charge is -2.18. The molecule has 0 aromatic heterocycles. The average Bonchev–Trinajstić information content (AvgIpc) is 2.35. The van der Waals surface area contributed by atoms with Crippen LogP contribution in [0.25, 0.3) is 0 Å². The molecule has 0 aliphatic rings. The zero-order chi connectivity index (χ0) is 15.6. The fourth-order valence-corrected chi connectivity index (χ4v) is 2.96. The molecule has 1 aromatic rings. The number of aryl methyl sites for hydroxylation is 1. The van der Waals surface area contributed by atoms with Crippen molar-refractivity contribution >= 4 is 16.0 Å². The van der Waals surface area contributed by atoms with Gasteiger partial charge in [-0.05, 0) is 38.5 Å². The number of hydrogen-bond acceptors (Lipinski definition) is 5. The number of carbonyl (C=O) groups is 1. The van der Waals surface area contributed by atoms with Crippen molar-refractivity contribution in [2.24, 2.45) is 0 Å². The number of carbonyl (C=O) groups excluding carboxylic acids is 1. The van der Waals surface area contributed by atoms with Crippen molar-refractivity contribution < 1.29 is 23.1 Å². The summed E-state index contributed by atoms with van der Waals surface area (Å²) in [5.41, 5.74) is -0.511. The molecule has 0 radical (unpaired) electrons. The van der Waals surface area contributed by atoms with E-state index in [0.29, 0.717) is 5.56 Å². The number of hydrogen-bond donors (Lipinski definition) is 2. The van der Waals surface area contributed by atoms with Gasteiger partial charge in [-0.1, -0.05) is 6.07 Å². The molecular weight excluding hydrogens is 282 g/mol. The summed E-state index contributed by atoms with van der Waals surface area (Å²) < 4.78 is 31.3. The van der Waals surface area contributed by atoms with Gasteiger partial charge in [0.25, 0.3) is 0 Å². The molecule has 0 saturated carbocycles. The molecule has 0 aliphatic heterocycles. The highest BCUT2D eigenvalue weighted by molar-refractivity contribution is 7.89. The SMILES string of the molecule is COC(=O)c1ccc(C)c(S(=O)(=O)NCC(C)(C)O)c1. The van der Waals surface area contributed by atoms with Gasteiger partial charge in [-0.25, -0.2) is 17.9 Å². The van der Waals surface area contributed by atoms with E-state index in [1.165, 1.54) is 39.2 Å². The summed E-state index contributed by atoms with van der Waals surface area (Å²) in [7, 11) is -2.58. The van der Waals surface area contributed by atoms with Gasteiger partial charge in [-0.15, -0.1) is 0 Å². The van der Waals surface area contributed by atoms with Gasteiger partial charge in [-0.3, -0.25) is 0 Å². The van der Waals surface area contributed by atoms with Crippen molar-refractivity contribution in [3.8, 4) is 0 Å². The van der Waals surface area contributed by atoms with Crippen molar-refractivity contribution in [2.45, 2.75) is 31.3 Å². The van der Waals surface area contributed by atoms with Gasteiger partial charge in [0.05, 0.1) is 23.2 Å². The minimum Gasteiger partial charge on any atom is -0.465 e. The summed E-state index contributed by atoms with van der Waals surface area (Å²) in [5, 5.41) is 9.58. The van der Waals surface area contributed by atoms with Crippen LogP contribution in [0.3, 0.4) is 0 Å². The Bertz CT molecular complexity index is 602. The number of sulfonamides is 1. The van der Waals surface area contributed by atoms with Crippen LogP contribution in [0.5, 0.6) is 0 Å². The van der Waals surface area contributed by atoms with E-state index >= 15 is 0 Å². The zero-order valence-electron chi connectivity index (χ0n) is 11.9. The molecule has 20 heavy (non-hydrogen) atoms. The first-order valence-corrected chi connectivity index (χ1v) is 7.46. The van der Waals surface area contributed by atoms with Crippen LogP contribution in [0.15, 0.2) is 23.1 Å². The minimum atomic E-state index is -3.81. The van der Waals surface area contributed by atoms with E-state index in [-0.39, 0.29) is 17.0 Å². The second kappa shape index (κ2) is 5.90. The molecule has 0 saturated heterocycles. The van der Waals surface area contributed by atoms with E-state index in [4.69, 9.17) is 0 Å². The summed E-state index contributed by atoms with van der Waals surface area (Å²) in [6, 6.07) is 4.29. The lowest BCUT2D eigenvalue weighted by molar-refractivity contribution is 0.0600. The van der Waals surface area contributed by atoms with Crippen molar-refractivity contribution in [1.29, 1.82) is 0 Å². The van der Waals surface area contributed by atoms with Crippen molar-refractivity contribution in [3.63, 3.8) is 0 Å². The second-order valence-corrected chi connectivity index (χ2v) is 6.84. The van der Waals surface area contributed by atoms with Crippen LogP contribution in [0.1, 0.15) is 29.8 Å². The molecule has 0 spiro atoms. The van der Waals surface area contributed by atoms with Crippen LogP contribution in [-0.2, 0) is 14.8 Å². The maximum Gasteiger partial charge on any atom is 0.337 e. The normalized spacial score (nSPS) is 12.2. The molecule has 0 amide bonds.